The Balaban J connectivity index is 1.88. The van der Waals surface area contributed by atoms with Crippen LogP contribution in [0.5, 0.6) is 0 Å². The molecule has 1 aliphatic rings. The van der Waals surface area contributed by atoms with Crippen molar-refractivity contribution in [1.29, 1.82) is 0 Å². The second-order valence-electron chi connectivity index (χ2n) is 9.02. The number of esters is 1. The summed E-state index contributed by atoms with van der Waals surface area (Å²) in [6.07, 6.45) is 1.41. The summed E-state index contributed by atoms with van der Waals surface area (Å²) < 4.78 is 12.5. The number of alkyl carbamates (subject to hydrolysis) is 1. The van der Waals surface area contributed by atoms with Crippen molar-refractivity contribution in [3.8, 4) is 0 Å². The highest BCUT2D eigenvalue weighted by atomic mass is 16.6. The van der Waals surface area contributed by atoms with E-state index in [9.17, 15) is 14.4 Å². The van der Waals surface area contributed by atoms with Gasteiger partial charge >= 0.3 is 12.1 Å². The van der Waals surface area contributed by atoms with Gasteiger partial charge in [0.1, 0.15) is 11.3 Å². The number of rotatable bonds is 7. The predicted octanol–water partition coefficient (Wildman–Crippen LogP) is 4.33. The molecule has 1 aromatic carbocycles. The summed E-state index contributed by atoms with van der Waals surface area (Å²) in [5, 5.41) is 3.74. The summed E-state index contributed by atoms with van der Waals surface area (Å²) in [5.74, 6) is -0.427. The lowest BCUT2D eigenvalue weighted by atomic mass is 10.1. The number of ketones is 1. The van der Waals surface area contributed by atoms with Gasteiger partial charge in [-0.25, -0.2) is 9.59 Å². The van der Waals surface area contributed by atoms with Gasteiger partial charge in [-0.1, -0.05) is 12.1 Å². The van der Waals surface area contributed by atoms with Gasteiger partial charge in [0.2, 0.25) is 0 Å². The molecular weight excluding hydrogens is 384 g/mol. The quantitative estimate of drug-likeness (QED) is 0.538. The molecule has 1 fully saturated rings. The van der Waals surface area contributed by atoms with E-state index in [2.05, 4.69) is 5.32 Å². The van der Waals surface area contributed by atoms with Crippen LogP contribution < -0.4 is 5.32 Å². The Labute approximate surface area is 176 Å². The molecule has 1 amide bonds. The Morgan fingerprint density at radius 1 is 1.17 bits per heavy atom. The lowest BCUT2D eigenvalue weighted by Gasteiger charge is -2.23. The van der Waals surface area contributed by atoms with Crippen molar-refractivity contribution < 1.29 is 23.9 Å². The number of aromatic nitrogens is 1. The molecule has 0 aliphatic heterocycles. The number of fused-ring (bicyclic) bond motifs is 1. The molecule has 1 N–H and O–H groups in total. The standard InChI is InChI=1S/C23H30N2O5/c1-6-29-20(27)19-12-17-8-7-16(15(2)26)11-18(17)25(19)14-23(9-10-23)13-24-21(28)30-22(3,4)5/h7-8,11-12H,6,9-10,13-14H2,1-5H3,(H,24,28). The summed E-state index contributed by atoms with van der Waals surface area (Å²) in [6.45, 7) is 10.0. The lowest BCUT2D eigenvalue weighted by Crippen LogP contribution is -2.37. The number of nitrogens with zero attached hydrogens (tertiary/aromatic N) is 1. The summed E-state index contributed by atoms with van der Waals surface area (Å²) in [5.41, 5.74) is 1.15. The van der Waals surface area contributed by atoms with Crippen LogP contribution in [0.3, 0.4) is 0 Å². The van der Waals surface area contributed by atoms with Crippen LogP contribution in [-0.4, -0.2) is 41.2 Å². The van der Waals surface area contributed by atoms with Crippen LogP contribution in [0, 0.1) is 5.41 Å². The van der Waals surface area contributed by atoms with Crippen LogP contribution in [0.4, 0.5) is 4.79 Å². The number of ether oxygens (including phenoxy) is 2. The highest BCUT2D eigenvalue weighted by Crippen LogP contribution is 2.47. The molecule has 0 spiro atoms. The Bertz CT molecular complexity index is 979. The highest BCUT2D eigenvalue weighted by Gasteiger charge is 2.44. The van der Waals surface area contributed by atoms with Crippen molar-refractivity contribution in [2.24, 2.45) is 5.41 Å². The maximum absolute atomic E-state index is 12.6. The van der Waals surface area contributed by atoms with E-state index in [1.807, 2.05) is 37.5 Å². The minimum atomic E-state index is -0.558. The van der Waals surface area contributed by atoms with Crippen molar-refractivity contribution in [2.75, 3.05) is 13.2 Å². The summed E-state index contributed by atoms with van der Waals surface area (Å²) in [6, 6.07) is 7.23. The smallest absolute Gasteiger partial charge is 0.407 e. The number of amides is 1. The van der Waals surface area contributed by atoms with E-state index in [0.717, 1.165) is 23.7 Å². The molecule has 1 saturated carbocycles. The van der Waals surface area contributed by atoms with Crippen LogP contribution in [0.2, 0.25) is 0 Å². The predicted molar refractivity (Wildman–Crippen MR) is 114 cm³/mol. The van der Waals surface area contributed by atoms with E-state index >= 15 is 0 Å². The number of benzene rings is 1. The SMILES string of the molecule is CCOC(=O)c1cc2ccc(C(C)=O)cc2n1CC1(CNC(=O)OC(C)(C)C)CC1. The molecule has 0 radical (unpaired) electrons. The third-order valence-corrected chi connectivity index (χ3v) is 5.25. The molecule has 0 atom stereocenters. The molecule has 0 bridgehead atoms. The molecule has 30 heavy (non-hydrogen) atoms. The first-order valence-corrected chi connectivity index (χ1v) is 10.3. The van der Waals surface area contributed by atoms with E-state index in [1.54, 1.807) is 19.1 Å². The first-order valence-electron chi connectivity index (χ1n) is 10.3. The van der Waals surface area contributed by atoms with Gasteiger partial charge in [0.05, 0.1) is 6.61 Å². The van der Waals surface area contributed by atoms with E-state index in [1.165, 1.54) is 6.92 Å². The fourth-order valence-corrected chi connectivity index (χ4v) is 3.49. The second-order valence-corrected chi connectivity index (χ2v) is 9.02. The van der Waals surface area contributed by atoms with Crippen molar-refractivity contribution in [3.63, 3.8) is 0 Å². The zero-order valence-corrected chi connectivity index (χ0v) is 18.3. The maximum Gasteiger partial charge on any atom is 0.407 e. The minimum absolute atomic E-state index is 0.0323. The molecule has 7 heteroatoms. The van der Waals surface area contributed by atoms with Gasteiger partial charge in [-0.15, -0.1) is 0 Å². The average molecular weight is 415 g/mol. The number of nitrogens with one attached hydrogen (secondary N) is 1. The zero-order valence-electron chi connectivity index (χ0n) is 18.3. The fraction of sp³-hybridized carbons (Fsp3) is 0.522. The second kappa shape index (κ2) is 8.13. The molecule has 0 unspecified atom stereocenters. The number of carbonyl (C=O) groups excluding carboxylic acids is 3. The van der Waals surface area contributed by atoms with Gasteiger partial charge in [-0.3, -0.25) is 4.79 Å². The largest absolute Gasteiger partial charge is 0.461 e. The molecule has 1 aromatic heterocycles. The Morgan fingerprint density at radius 2 is 1.87 bits per heavy atom. The fourth-order valence-electron chi connectivity index (χ4n) is 3.49. The molecule has 3 rings (SSSR count). The first kappa shape index (κ1) is 21.9. The third kappa shape index (κ3) is 5.01. The van der Waals surface area contributed by atoms with Gasteiger partial charge in [0.25, 0.3) is 0 Å². The zero-order chi connectivity index (χ0) is 22.1. The van der Waals surface area contributed by atoms with Gasteiger partial charge < -0.3 is 19.4 Å². The molecule has 1 aliphatic carbocycles. The van der Waals surface area contributed by atoms with Gasteiger partial charge in [-0.05, 0) is 59.6 Å². The van der Waals surface area contributed by atoms with Crippen LogP contribution in [0.15, 0.2) is 24.3 Å². The molecule has 162 valence electrons. The molecule has 1 heterocycles. The minimum Gasteiger partial charge on any atom is -0.461 e. The Hall–Kier alpha value is -2.83. The number of hydrogen-bond donors (Lipinski definition) is 1. The normalized spacial score (nSPS) is 15.0. The topological polar surface area (TPSA) is 86.6 Å². The summed E-state index contributed by atoms with van der Waals surface area (Å²) in [4.78, 5) is 36.5. The van der Waals surface area contributed by atoms with E-state index in [0.29, 0.717) is 24.3 Å². The molecular formula is C23H30N2O5. The van der Waals surface area contributed by atoms with Crippen molar-refractivity contribution in [2.45, 2.75) is 59.6 Å². The van der Waals surface area contributed by atoms with Crippen LogP contribution in [0.1, 0.15) is 68.3 Å². The van der Waals surface area contributed by atoms with E-state index in [-0.39, 0.29) is 17.8 Å². The van der Waals surface area contributed by atoms with Crippen molar-refractivity contribution in [1.82, 2.24) is 9.88 Å². The average Bonchev–Trinajstić information content (AvgIpc) is 3.32. The maximum atomic E-state index is 12.6. The van der Waals surface area contributed by atoms with E-state index in [4.69, 9.17) is 9.47 Å². The van der Waals surface area contributed by atoms with E-state index < -0.39 is 17.7 Å². The van der Waals surface area contributed by atoms with Crippen LogP contribution in [-0.2, 0) is 16.0 Å². The first-order chi connectivity index (χ1) is 14.0. The number of carbonyl (C=O) groups is 3. The highest BCUT2D eigenvalue weighted by molar-refractivity contribution is 6.00. The summed E-state index contributed by atoms with van der Waals surface area (Å²) in [7, 11) is 0. The third-order valence-electron chi connectivity index (χ3n) is 5.25. The van der Waals surface area contributed by atoms with Crippen LogP contribution in [0.25, 0.3) is 10.9 Å². The van der Waals surface area contributed by atoms with Gasteiger partial charge in [0, 0.05) is 35.0 Å². The molecule has 7 nitrogen and oxygen atoms in total. The molecule has 2 aromatic rings. The monoisotopic (exact) mass is 414 g/mol. The Morgan fingerprint density at radius 3 is 2.43 bits per heavy atom. The Kier molecular flexibility index (Phi) is 5.92. The molecule has 0 saturated heterocycles. The van der Waals surface area contributed by atoms with Crippen LogP contribution >= 0.6 is 0 Å². The number of Topliss-reactive ketones (excluding diaryl/α,β-unsaturated/α-hetero) is 1. The van der Waals surface area contributed by atoms with Crippen molar-refractivity contribution >= 4 is 28.7 Å². The van der Waals surface area contributed by atoms with Gasteiger partial charge in [0.15, 0.2) is 5.78 Å². The number of hydrogen-bond acceptors (Lipinski definition) is 5. The van der Waals surface area contributed by atoms with Crippen molar-refractivity contribution in [3.05, 3.63) is 35.5 Å². The van der Waals surface area contributed by atoms with Gasteiger partial charge in [-0.2, -0.15) is 0 Å². The summed E-state index contributed by atoms with van der Waals surface area (Å²) >= 11 is 0. The lowest BCUT2D eigenvalue weighted by molar-refractivity contribution is 0.0494.